The molecule has 0 saturated carbocycles. The molecule has 0 bridgehead atoms. The Morgan fingerprint density at radius 1 is 1.19 bits per heavy atom. The second-order valence-electron chi connectivity index (χ2n) is 4.26. The molecule has 1 aromatic carbocycles. The van der Waals surface area contributed by atoms with Crippen LogP contribution < -0.4 is 4.72 Å². The van der Waals surface area contributed by atoms with Crippen molar-refractivity contribution >= 4 is 16.0 Å². The van der Waals surface area contributed by atoms with Gasteiger partial charge in [-0.25, -0.2) is 17.9 Å². The highest BCUT2D eigenvalue weighted by molar-refractivity contribution is 7.88. The Labute approximate surface area is 123 Å². The van der Waals surface area contributed by atoms with Gasteiger partial charge in [0.25, 0.3) is 0 Å². The van der Waals surface area contributed by atoms with Gasteiger partial charge in [-0.2, -0.15) is 0 Å². The average Bonchev–Trinajstić information content (AvgIpc) is 2.43. The first kappa shape index (κ1) is 17.6. The Kier molecular flexibility index (Phi) is 7.30. The van der Waals surface area contributed by atoms with Crippen LogP contribution in [0.25, 0.3) is 0 Å². The molecule has 0 amide bonds. The molecule has 7 nitrogen and oxygen atoms in total. The van der Waals surface area contributed by atoms with E-state index in [-0.39, 0.29) is 24.5 Å². The minimum Gasteiger partial charge on any atom is -0.478 e. The number of carboxylic acid groups (broad SMARTS) is 1. The lowest BCUT2D eigenvalue weighted by Gasteiger charge is -2.07. The number of nitrogens with one attached hydrogen (secondary N) is 1. The Hall–Kier alpha value is -1.48. The van der Waals surface area contributed by atoms with Crippen molar-refractivity contribution in [2.45, 2.75) is 5.75 Å². The van der Waals surface area contributed by atoms with Crippen molar-refractivity contribution in [3.8, 4) is 0 Å². The Balaban J connectivity index is 2.39. The molecule has 0 aliphatic carbocycles. The van der Waals surface area contributed by atoms with Crippen molar-refractivity contribution in [2.75, 3.05) is 33.5 Å². The van der Waals surface area contributed by atoms with E-state index in [9.17, 15) is 13.2 Å². The third-order valence-corrected chi connectivity index (χ3v) is 3.92. The molecule has 0 spiro atoms. The van der Waals surface area contributed by atoms with Gasteiger partial charge in [0.05, 0.1) is 31.1 Å². The van der Waals surface area contributed by atoms with Crippen LogP contribution in [-0.2, 0) is 25.2 Å². The number of methoxy groups -OCH3 is 1. The highest BCUT2D eigenvalue weighted by Gasteiger charge is 2.11. The van der Waals surface area contributed by atoms with Gasteiger partial charge in [0.1, 0.15) is 0 Å². The fraction of sp³-hybridized carbons (Fsp3) is 0.462. The number of benzene rings is 1. The van der Waals surface area contributed by atoms with Crippen LogP contribution in [0.3, 0.4) is 0 Å². The Morgan fingerprint density at radius 2 is 1.86 bits per heavy atom. The zero-order chi connectivity index (χ0) is 15.7. The van der Waals surface area contributed by atoms with E-state index >= 15 is 0 Å². The largest absolute Gasteiger partial charge is 0.478 e. The zero-order valence-electron chi connectivity index (χ0n) is 11.7. The van der Waals surface area contributed by atoms with Crippen LogP contribution in [-0.4, -0.2) is 53.0 Å². The summed E-state index contributed by atoms with van der Waals surface area (Å²) in [4.78, 5) is 10.7. The summed E-state index contributed by atoms with van der Waals surface area (Å²) in [5.41, 5.74) is 0.642. The van der Waals surface area contributed by atoms with Crippen LogP contribution >= 0.6 is 0 Å². The molecule has 2 N–H and O–H groups in total. The molecule has 0 unspecified atom stereocenters. The maximum Gasteiger partial charge on any atom is 0.335 e. The second-order valence-corrected chi connectivity index (χ2v) is 6.07. The zero-order valence-corrected chi connectivity index (χ0v) is 12.6. The van der Waals surface area contributed by atoms with Crippen molar-refractivity contribution in [1.82, 2.24) is 4.72 Å². The standard InChI is InChI=1S/C13H19NO6S/c1-19-8-9-20-7-6-14-21(17,18)10-11-2-4-12(5-3-11)13(15)16/h2-5,14H,6-10H2,1H3,(H,15,16). The Morgan fingerprint density at radius 3 is 2.43 bits per heavy atom. The van der Waals surface area contributed by atoms with E-state index in [2.05, 4.69) is 4.72 Å². The number of hydrogen-bond acceptors (Lipinski definition) is 5. The van der Waals surface area contributed by atoms with Gasteiger partial charge in [0.15, 0.2) is 0 Å². The molecule has 1 aromatic rings. The van der Waals surface area contributed by atoms with Crippen LogP contribution in [0.1, 0.15) is 15.9 Å². The summed E-state index contributed by atoms with van der Waals surface area (Å²) in [7, 11) is -1.91. The maximum absolute atomic E-state index is 11.8. The fourth-order valence-electron chi connectivity index (χ4n) is 1.53. The molecular formula is C13H19NO6S. The molecular weight excluding hydrogens is 298 g/mol. The maximum atomic E-state index is 11.8. The van der Waals surface area contributed by atoms with E-state index in [1.54, 1.807) is 7.11 Å². The van der Waals surface area contributed by atoms with Crippen LogP contribution in [0.15, 0.2) is 24.3 Å². The molecule has 0 fully saturated rings. The van der Waals surface area contributed by atoms with Crippen molar-refractivity contribution < 1.29 is 27.8 Å². The monoisotopic (exact) mass is 317 g/mol. The normalized spacial score (nSPS) is 11.5. The van der Waals surface area contributed by atoms with Crippen LogP contribution in [0, 0.1) is 0 Å². The lowest BCUT2D eigenvalue weighted by Crippen LogP contribution is -2.29. The predicted octanol–water partition coefficient (Wildman–Crippen LogP) is 0.467. The van der Waals surface area contributed by atoms with E-state index < -0.39 is 16.0 Å². The summed E-state index contributed by atoms with van der Waals surface area (Å²) in [5.74, 6) is -1.25. The number of ether oxygens (including phenoxy) is 2. The molecule has 118 valence electrons. The van der Waals surface area contributed by atoms with E-state index in [1.807, 2.05) is 0 Å². The molecule has 0 aliphatic heterocycles. The molecule has 1 rings (SSSR count). The highest BCUT2D eigenvalue weighted by Crippen LogP contribution is 2.07. The fourth-order valence-corrected chi connectivity index (χ4v) is 2.66. The van der Waals surface area contributed by atoms with E-state index in [0.29, 0.717) is 18.8 Å². The first-order valence-electron chi connectivity index (χ1n) is 6.31. The van der Waals surface area contributed by atoms with Gasteiger partial charge in [-0.05, 0) is 17.7 Å². The van der Waals surface area contributed by atoms with Crippen LogP contribution in [0.4, 0.5) is 0 Å². The van der Waals surface area contributed by atoms with Gasteiger partial charge in [0, 0.05) is 13.7 Å². The van der Waals surface area contributed by atoms with Gasteiger partial charge in [-0.1, -0.05) is 12.1 Å². The topological polar surface area (TPSA) is 102 Å². The molecule has 0 atom stereocenters. The molecule has 0 aromatic heterocycles. The summed E-state index contributed by atoms with van der Waals surface area (Å²) >= 11 is 0. The molecule has 21 heavy (non-hydrogen) atoms. The number of rotatable bonds is 10. The predicted molar refractivity (Wildman–Crippen MR) is 76.7 cm³/mol. The van der Waals surface area contributed by atoms with Crippen LogP contribution in [0.2, 0.25) is 0 Å². The number of carbonyl (C=O) groups is 1. The quantitative estimate of drug-likeness (QED) is 0.608. The summed E-state index contributed by atoms with van der Waals surface area (Å²) in [6, 6.07) is 5.72. The third kappa shape index (κ3) is 7.19. The summed E-state index contributed by atoms with van der Waals surface area (Å²) in [5, 5.41) is 8.76. The average molecular weight is 317 g/mol. The number of sulfonamides is 1. The van der Waals surface area contributed by atoms with Crippen LogP contribution in [0.5, 0.6) is 0 Å². The summed E-state index contributed by atoms with van der Waals surface area (Å²) in [6.45, 7) is 1.32. The number of carboxylic acids is 1. The Bertz CT molecular complexity index is 540. The van der Waals surface area contributed by atoms with Crippen molar-refractivity contribution in [2.24, 2.45) is 0 Å². The van der Waals surface area contributed by atoms with E-state index in [1.165, 1.54) is 24.3 Å². The molecule has 0 heterocycles. The van der Waals surface area contributed by atoms with Gasteiger partial charge in [-0.15, -0.1) is 0 Å². The smallest absolute Gasteiger partial charge is 0.335 e. The first-order valence-corrected chi connectivity index (χ1v) is 7.96. The van der Waals surface area contributed by atoms with Crippen molar-refractivity contribution in [1.29, 1.82) is 0 Å². The van der Waals surface area contributed by atoms with E-state index in [0.717, 1.165) is 0 Å². The molecule has 0 radical (unpaired) electrons. The summed E-state index contributed by atoms with van der Waals surface area (Å²) < 4.78 is 35.9. The number of aromatic carboxylic acids is 1. The molecule has 8 heteroatoms. The lowest BCUT2D eigenvalue weighted by atomic mass is 10.1. The first-order chi connectivity index (χ1) is 9.94. The minimum atomic E-state index is -3.47. The summed E-state index contributed by atoms with van der Waals surface area (Å²) in [6.07, 6.45) is 0. The van der Waals surface area contributed by atoms with Gasteiger partial charge in [-0.3, -0.25) is 0 Å². The second kappa shape index (κ2) is 8.73. The molecule has 0 saturated heterocycles. The molecule has 0 aliphatic rings. The lowest BCUT2D eigenvalue weighted by molar-refractivity contribution is 0.0697. The third-order valence-electron chi connectivity index (χ3n) is 2.56. The van der Waals surface area contributed by atoms with Gasteiger partial charge >= 0.3 is 5.97 Å². The van der Waals surface area contributed by atoms with Crippen molar-refractivity contribution in [3.63, 3.8) is 0 Å². The van der Waals surface area contributed by atoms with Crippen molar-refractivity contribution in [3.05, 3.63) is 35.4 Å². The highest BCUT2D eigenvalue weighted by atomic mass is 32.2. The SMILES string of the molecule is COCCOCCNS(=O)(=O)Cc1ccc(C(=O)O)cc1. The van der Waals surface area contributed by atoms with E-state index in [4.69, 9.17) is 14.6 Å². The number of hydrogen-bond donors (Lipinski definition) is 2. The van der Waals surface area contributed by atoms with Gasteiger partial charge < -0.3 is 14.6 Å². The minimum absolute atomic E-state index is 0.121. The van der Waals surface area contributed by atoms with Gasteiger partial charge in [0.2, 0.25) is 10.0 Å².